The molecule has 0 amide bonds. The van der Waals surface area contributed by atoms with Crippen LogP contribution in [0.4, 0.5) is 0 Å². The number of hydrogen-bond donors (Lipinski definition) is 1. The second-order valence-corrected chi connectivity index (χ2v) is 9.33. The molecule has 1 saturated heterocycles. The molecule has 21 heavy (non-hydrogen) atoms. The van der Waals surface area contributed by atoms with Gasteiger partial charge in [-0.05, 0) is 43.3 Å². The molecular formula is C17H22O2S2. The van der Waals surface area contributed by atoms with Crippen LogP contribution in [0.25, 0.3) is 0 Å². The highest BCUT2D eigenvalue weighted by Crippen LogP contribution is 2.62. The van der Waals surface area contributed by atoms with Gasteiger partial charge in [0.25, 0.3) is 0 Å². The maximum atomic E-state index is 12.0. The molecule has 3 atom stereocenters. The molecule has 3 unspecified atom stereocenters. The molecule has 114 valence electrons. The van der Waals surface area contributed by atoms with Gasteiger partial charge in [-0.25, -0.2) is 0 Å². The van der Waals surface area contributed by atoms with Crippen molar-refractivity contribution in [3.8, 4) is 5.75 Å². The molecule has 2 aliphatic heterocycles. The summed E-state index contributed by atoms with van der Waals surface area (Å²) in [5.74, 6) is 3.21. The molecule has 0 radical (unpaired) electrons. The Hall–Kier alpha value is -0.320. The van der Waals surface area contributed by atoms with Crippen molar-refractivity contribution in [2.75, 3.05) is 11.5 Å². The first-order chi connectivity index (χ1) is 10.2. The highest BCUT2D eigenvalue weighted by Gasteiger charge is 2.63. The lowest BCUT2D eigenvalue weighted by Gasteiger charge is -2.54. The van der Waals surface area contributed by atoms with Crippen LogP contribution in [0.2, 0.25) is 0 Å². The zero-order valence-corrected chi connectivity index (χ0v) is 14.0. The maximum Gasteiger partial charge on any atom is 0.125 e. The number of rotatable bonds is 1. The minimum Gasteiger partial charge on any atom is -0.489 e. The second-order valence-electron chi connectivity index (χ2n) is 6.61. The van der Waals surface area contributed by atoms with Crippen LogP contribution in [0.3, 0.4) is 0 Å². The molecular weight excluding hydrogens is 300 g/mol. The van der Waals surface area contributed by atoms with Crippen LogP contribution in [-0.4, -0.2) is 27.3 Å². The molecule has 1 saturated carbocycles. The molecule has 1 N–H and O–H groups in total. The number of aliphatic hydroxyl groups is 1. The fourth-order valence-corrected chi connectivity index (χ4v) is 7.70. The number of ether oxygens (including phenoxy) is 1. The second kappa shape index (κ2) is 5.10. The third-order valence-corrected chi connectivity index (χ3v) is 8.63. The summed E-state index contributed by atoms with van der Waals surface area (Å²) in [6.07, 6.45) is 4.68. The molecule has 2 fully saturated rings. The van der Waals surface area contributed by atoms with Crippen molar-refractivity contribution in [1.82, 2.24) is 0 Å². The van der Waals surface area contributed by atoms with Gasteiger partial charge in [0.15, 0.2) is 0 Å². The first-order valence-corrected chi connectivity index (χ1v) is 9.98. The van der Waals surface area contributed by atoms with E-state index >= 15 is 0 Å². The fourth-order valence-electron chi connectivity index (χ4n) is 4.23. The maximum absolute atomic E-state index is 12.0. The molecule has 0 bridgehead atoms. The van der Waals surface area contributed by atoms with Gasteiger partial charge in [0.2, 0.25) is 0 Å². The highest BCUT2D eigenvalue weighted by molar-refractivity contribution is 8.17. The smallest absolute Gasteiger partial charge is 0.125 e. The van der Waals surface area contributed by atoms with E-state index in [1.165, 1.54) is 6.42 Å². The van der Waals surface area contributed by atoms with Crippen LogP contribution in [0.5, 0.6) is 5.75 Å². The molecule has 1 aliphatic carbocycles. The van der Waals surface area contributed by atoms with Crippen LogP contribution in [0, 0.1) is 5.41 Å². The molecule has 2 heterocycles. The first-order valence-electron chi connectivity index (χ1n) is 7.88. The average Bonchev–Trinajstić information content (AvgIpc) is 2.91. The van der Waals surface area contributed by atoms with Gasteiger partial charge in [0.1, 0.15) is 17.5 Å². The minimum absolute atomic E-state index is 0.153. The fraction of sp³-hybridized carbons (Fsp3) is 0.647. The average molecular weight is 322 g/mol. The van der Waals surface area contributed by atoms with E-state index in [1.807, 2.05) is 41.7 Å². The van der Waals surface area contributed by atoms with Crippen molar-refractivity contribution in [2.24, 2.45) is 5.41 Å². The normalized spacial score (nSPS) is 39.4. The third-order valence-electron chi connectivity index (χ3n) is 5.48. The Morgan fingerprint density at radius 2 is 1.95 bits per heavy atom. The SMILES string of the molecule is CC12CCCC1Oc1ccccc1C2(O)C1SCCCS1. The van der Waals surface area contributed by atoms with E-state index < -0.39 is 5.60 Å². The van der Waals surface area contributed by atoms with Crippen molar-refractivity contribution < 1.29 is 9.84 Å². The number of benzene rings is 1. The van der Waals surface area contributed by atoms with Crippen LogP contribution in [0.15, 0.2) is 24.3 Å². The summed E-state index contributed by atoms with van der Waals surface area (Å²) >= 11 is 3.87. The molecule has 1 aromatic rings. The van der Waals surface area contributed by atoms with E-state index in [1.54, 1.807) is 0 Å². The third kappa shape index (κ3) is 1.91. The Bertz CT molecular complexity index is 543. The first kappa shape index (κ1) is 14.3. The molecule has 0 spiro atoms. The minimum atomic E-state index is -0.779. The summed E-state index contributed by atoms with van der Waals surface area (Å²) in [5.41, 5.74) is 0.0693. The van der Waals surface area contributed by atoms with E-state index in [2.05, 4.69) is 13.0 Å². The summed E-state index contributed by atoms with van der Waals surface area (Å²) in [5, 5.41) is 12.0. The van der Waals surface area contributed by atoms with Crippen molar-refractivity contribution >= 4 is 23.5 Å². The van der Waals surface area contributed by atoms with E-state index in [4.69, 9.17) is 4.74 Å². The lowest BCUT2D eigenvalue weighted by atomic mass is 9.66. The Morgan fingerprint density at radius 3 is 2.76 bits per heavy atom. The zero-order chi connectivity index (χ0) is 14.5. The standard InChI is InChI=1S/C17H22O2S2/c1-16-9-4-8-14(16)19-13-7-3-2-6-12(13)17(16,18)15-20-10-5-11-21-15/h2-3,6-7,14-15,18H,4-5,8-11H2,1H3. The molecule has 2 nitrogen and oxygen atoms in total. The van der Waals surface area contributed by atoms with Gasteiger partial charge in [-0.2, -0.15) is 0 Å². The van der Waals surface area contributed by atoms with E-state index in [0.29, 0.717) is 0 Å². The Labute approximate surface area is 135 Å². The monoisotopic (exact) mass is 322 g/mol. The summed E-state index contributed by atoms with van der Waals surface area (Å²) in [4.78, 5) is 0. The largest absolute Gasteiger partial charge is 0.489 e. The quantitative estimate of drug-likeness (QED) is 0.845. The van der Waals surface area contributed by atoms with Crippen LogP contribution >= 0.6 is 23.5 Å². The van der Waals surface area contributed by atoms with Gasteiger partial charge in [-0.3, -0.25) is 0 Å². The topological polar surface area (TPSA) is 29.5 Å². The number of para-hydroxylation sites is 1. The van der Waals surface area contributed by atoms with Gasteiger partial charge in [-0.1, -0.05) is 25.1 Å². The van der Waals surface area contributed by atoms with E-state index in [0.717, 1.165) is 42.1 Å². The number of thioether (sulfide) groups is 2. The summed E-state index contributed by atoms with van der Waals surface area (Å²) in [7, 11) is 0. The Morgan fingerprint density at radius 1 is 1.19 bits per heavy atom. The number of hydrogen-bond acceptors (Lipinski definition) is 4. The van der Waals surface area contributed by atoms with E-state index in [-0.39, 0.29) is 16.1 Å². The molecule has 4 rings (SSSR count). The summed E-state index contributed by atoms with van der Waals surface area (Å²) < 4.78 is 6.49. The zero-order valence-electron chi connectivity index (χ0n) is 12.4. The van der Waals surface area contributed by atoms with Crippen LogP contribution < -0.4 is 4.74 Å². The lowest BCUT2D eigenvalue weighted by molar-refractivity contribution is -0.129. The molecule has 3 aliphatic rings. The van der Waals surface area contributed by atoms with Crippen molar-refractivity contribution in [3.05, 3.63) is 29.8 Å². The summed E-state index contributed by atoms with van der Waals surface area (Å²) in [6.45, 7) is 2.25. The highest BCUT2D eigenvalue weighted by atomic mass is 32.2. The van der Waals surface area contributed by atoms with Gasteiger partial charge < -0.3 is 9.84 Å². The Balaban J connectivity index is 1.87. The summed E-state index contributed by atoms with van der Waals surface area (Å²) in [6, 6.07) is 8.14. The lowest BCUT2D eigenvalue weighted by Crippen LogP contribution is -2.58. The van der Waals surface area contributed by atoms with Gasteiger partial charge in [0, 0.05) is 11.0 Å². The van der Waals surface area contributed by atoms with Crippen LogP contribution in [0.1, 0.15) is 38.2 Å². The van der Waals surface area contributed by atoms with Crippen molar-refractivity contribution in [2.45, 2.75) is 48.9 Å². The van der Waals surface area contributed by atoms with Gasteiger partial charge >= 0.3 is 0 Å². The van der Waals surface area contributed by atoms with Gasteiger partial charge in [0.05, 0.1) is 4.58 Å². The predicted molar refractivity (Wildman–Crippen MR) is 90.0 cm³/mol. The van der Waals surface area contributed by atoms with Crippen molar-refractivity contribution in [1.29, 1.82) is 0 Å². The molecule has 0 aromatic heterocycles. The van der Waals surface area contributed by atoms with E-state index in [9.17, 15) is 5.11 Å². The predicted octanol–water partition coefficient (Wildman–Crippen LogP) is 4.02. The van der Waals surface area contributed by atoms with Gasteiger partial charge in [-0.15, -0.1) is 23.5 Å². The Kier molecular flexibility index (Phi) is 3.47. The molecule has 1 aromatic carbocycles. The van der Waals surface area contributed by atoms with Crippen molar-refractivity contribution in [3.63, 3.8) is 0 Å². The van der Waals surface area contributed by atoms with Crippen LogP contribution in [-0.2, 0) is 5.60 Å². The number of fused-ring (bicyclic) bond motifs is 2. The molecule has 4 heteroatoms.